The van der Waals surface area contributed by atoms with E-state index in [9.17, 15) is 14.7 Å². The summed E-state index contributed by atoms with van der Waals surface area (Å²) in [7, 11) is 0. The molecule has 2 aromatic heterocycles. The van der Waals surface area contributed by atoms with Crippen LogP contribution in [0.1, 0.15) is 20.1 Å². The van der Waals surface area contributed by atoms with Crippen LogP contribution >= 0.6 is 11.3 Å². The Hall–Kier alpha value is -2.04. The highest BCUT2D eigenvalue weighted by Crippen LogP contribution is 2.37. The van der Waals surface area contributed by atoms with Crippen LogP contribution in [0.15, 0.2) is 11.0 Å². The Morgan fingerprint density at radius 1 is 1.61 bits per heavy atom. The summed E-state index contributed by atoms with van der Waals surface area (Å²) in [5, 5.41) is 9.43. The van der Waals surface area contributed by atoms with Crippen molar-refractivity contribution in [2.45, 2.75) is 32.3 Å². The van der Waals surface area contributed by atoms with Crippen LogP contribution in [0, 0.1) is 5.92 Å². The zero-order valence-corrected chi connectivity index (χ0v) is 13.3. The number of ether oxygens (including phenoxy) is 2. The van der Waals surface area contributed by atoms with Crippen molar-refractivity contribution in [2.75, 3.05) is 12.3 Å². The highest BCUT2D eigenvalue weighted by atomic mass is 32.1. The van der Waals surface area contributed by atoms with Gasteiger partial charge in [0, 0.05) is 12.8 Å². The van der Waals surface area contributed by atoms with E-state index in [0.29, 0.717) is 10.3 Å². The number of rotatable bonds is 3. The van der Waals surface area contributed by atoms with Crippen molar-refractivity contribution < 1.29 is 19.4 Å². The molecule has 1 saturated heterocycles. The summed E-state index contributed by atoms with van der Waals surface area (Å²) in [6.07, 6.45) is -0.675. The molecule has 4 atom stereocenters. The smallest absolute Gasteiger partial charge is 0.311 e. The van der Waals surface area contributed by atoms with E-state index in [-0.39, 0.29) is 23.3 Å². The van der Waals surface area contributed by atoms with Crippen molar-refractivity contribution in [1.82, 2.24) is 14.5 Å². The number of anilines is 1. The molecule has 1 aliphatic heterocycles. The van der Waals surface area contributed by atoms with Crippen molar-refractivity contribution in [3.05, 3.63) is 15.9 Å². The molecular formula is C13H16N4O5S. The van der Waals surface area contributed by atoms with Crippen LogP contribution in [-0.2, 0) is 14.3 Å². The first-order chi connectivity index (χ1) is 10.9. The van der Waals surface area contributed by atoms with Crippen LogP contribution in [0.4, 0.5) is 5.95 Å². The second-order valence-electron chi connectivity index (χ2n) is 5.33. The Morgan fingerprint density at radius 2 is 2.35 bits per heavy atom. The number of carbonyl (C=O) groups excluding carboxylic acids is 1. The molecule has 2 aromatic rings. The zero-order valence-electron chi connectivity index (χ0n) is 12.5. The number of aliphatic hydroxyl groups is 1. The highest BCUT2D eigenvalue weighted by Gasteiger charge is 2.46. The van der Waals surface area contributed by atoms with Crippen LogP contribution in [0.2, 0.25) is 0 Å². The van der Waals surface area contributed by atoms with Crippen molar-refractivity contribution in [3.63, 3.8) is 0 Å². The molecule has 0 radical (unpaired) electrons. The lowest BCUT2D eigenvalue weighted by Crippen LogP contribution is -2.33. The van der Waals surface area contributed by atoms with E-state index in [0.717, 1.165) is 11.3 Å². The van der Waals surface area contributed by atoms with Crippen LogP contribution in [-0.4, -0.2) is 44.4 Å². The predicted octanol–water partition coefficient (Wildman–Crippen LogP) is -0.107. The molecule has 23 heavy (non-hydrogen) atoms. The van der Waals surface area contributed by atoms with Gasteiger partial charge in [0.1, 0.15) is 0 Å². The number of fused-ring (bicyclic) bond motifs is 1. The van der Waals surface area contributed by atoms with Crippen molar-refractivity contribution in [2.24, 2.45) is 5.92 Å². The molecule has 1 aliphatic rings. The molecule has 124 valence electrons. The minimum atomic E-state index is -0.874. The molecular weight excluding hydrogens is 324 g/mol. The summed E-state index contributed by atoms with van der Waals surface area (Å²) in [6.45, 7) is 2.82. The van der Waals surface area contributed by atoms with Crippen LogP contribution in [0.25, 0.3) is 10.3 Å². The van der Waals surface area contributed by atoms with Gasteiger partial charge in [0.05, 0.1) is 23.6 Å². The molecule has 3 heterocycles. The Balaban J connectivity index is 2.11. The van der Waals surface area contributed by atoms with Gasteiger partial charge >= 0.3 is 10.8 Å². The quantitative estimate of drug-likeness (QED) is 0.741. The fourth-order valence-corrected chi connectivity index (χ4v) is 3.52. The van der Waals surface area contributed by atoms with Gasteiger partial charge in [-0.15, -0.1) is 0 Å². The van der Waals surface area contributed by atoms with E-state index in [1.165, 1.54) is 17.7 Å². The second-order valence-corrected chi connectivity index (χ2v) is 6.33. The number of nitrogens with zero attached hydrogens (tertiary/aromatic N) is 3. The lowest BCUT2D eigenvalue weighted by Gasteiger charge is -2.21. The molecule has 10 heteroatoms. The van der Waals surface area contributed by atoms with Gasteiger partial charge in [-0.3, -0.25) is 14.2 Å². The molecule has 1 fully saturated rings. The summed E-state index contributed by atoms with van der Waals surface area (Å²) in [5.74, 6) is -0.747. The average molecular weight is 340 g/mol. The number of aliphatic hydroxyl groups excluding tert-OH is 1. The summed E-state index contributed by atoms with van der Waals surface area (Å²) in [6, 6.07) is 0. The summed E-state index contributed by atoms with van der Waals surface area (Å²) < 4.78 is 12.9. The van der Waals surface area contributed by atoms with E-state index >= 15 is 0 Å². The molecule has 0 aliphatic carbocycles. The zero-order chi connectivity index (χ0) is 16.7. The Kier molecular flexibility index (Phi) is 4.04. The van der Waals surface area contributed by atoms with E-state index in [1.54, 1.807) is 6.92 Å². The Labute approximate surface area is 134 Å². The Morgan fingerprint density at radius 3 is 3.00 bits per heavy atom. The van der Waals surface area contributed by atoms with Crippen molar-refractivity contribution >= 4 is 33.6 Å². The largest absolute Gasteiger partial charge is 0.457 e. The number of nitrogen functional groups attached to an aromatic ring is 1. The number of aromatic nitrogens is 3. The SMILES string of the molecule is CC(=O)O[C@@H]1[C@H](C)[C@@H](CO)O[C@H]1n1c(=O)sc2cnc(N)nc21. The summed E-state index contributed by atoms with van der Waals surface area (Å²) in [4.78, 5) is 31.4. The number of thiazole rings is 1. The molecule has 0 amide bonds. The van der Waals surface area contributed by atoms with Gasteiger partial charge in [-0.25, -0.2) is 4.98 Å². The number of carbonyl (C=O) groups is 1. The summed E-state index contributed by atoms with van der Waals surface area (Å²) in [5.41, 5.74) is 5.92. The molecule has 9 nitrogen and oxygen atoms in total. The number of hydrogen-bond donors (Lipinski definition) is 2. The molecule has 0 spiro atoms. The lowest BCUT2D eigenvalue weighted by molar-refractivity contribution is -0.153. The normalized spacial score (nSPS) is 27.4. The van der Waals surface area contributed by atoms with Gasteiger partial charge in [0.2, 0.25) is 5.95 Å². The lowest BCUT2D eigenvalue weighted by atomic mass is 10.0. The number of nitrogens with two attached hydrogens (primary N) is 1. The van der Waals surface area contributed by atoms with Crippen LogP contribution in [0.3, 0.4) is 0 Å². The molecule has 0 aromatic carbocycles. The number of hydrogen-bond acceptors (Lipinski definition) is 9. The average Bonchev–Trinajstić information content (AvgIpc) is 2.96. The summed E-state index contributed by atoms with van der Waals surface area (Å²) >= 11 is 0.949. The van der Waals surface area contributed by atoms with Crippen LogP contribution in [0.5, 0.6) is 0 Å². The van der Waals surface area contributed by atoms with Gasteiger partial charge in [0.25, 0.3) is 0 Å². The topological polar surface area (TPSA) is 130 Å². The van der Waals surface area contributed by atoms with Gasteiger partial charge in [-0.2, -0.15) is 4.98 Å². The van der Waals surface area contributed by atoms with E-state index in [2.05, 4.69) is 9.97 Å². The van der Waals surface area contributed by atoms with Gasteiger partial charge < -0.3 is 20.3 Å². The maximum Gasteiger partial charge on any atom is 0.311 e. The van der Waals surface area contributed by atoms with Gasteiger partial charge in [-0.05, 0) is 0 Å². The minimum absolute atomic E-state index is 0.0258. The van der Waals surface area contributed by atoms with E-state index in [1.807, 2.05) is 0 Å². The first-order valence-corrected chi connectivity index (χ1v) is 7.81. The third-order valence-corrected chi connectivity index (χ3v) is 4.69. The highest BCUT2D eigenvalue weighted by molar-refractivity contribution is 7.16. The van der Waals surface area contributed by atoms with Crippen molar-refractivity contribution in [3.8, 4) is 0 Å². The second kappa shape index (κ2) is 5.87. The van der Waals surface area contributed by atoms with Gasteiger partial charge in [0.15, 0.2) is 18.0 Å². The maximum atomic E-state index is 12.4. The predicted molar refractivity (Wildman–Crippen MR) is 81.8 cm³/mol. The van der Waals surface area contributed by atoms with Gasteiger partial charge in [-0.1, -0.05) is 18.3 Å². The standard InChI is InChI=1S/C13H16N4O5S/c1-5-7(4-18)22-11(9(5)21-6(2)19)17-10-8(23-13(17)20)3-15-12(14)16-10/h3,5,7,9,11,18H,4H2,1-2H3,(H2,14,15,16)/t5-,7-,9-,11-/m1/s1. The number of esters is 1. The third-order valence-electron chi connectivity index (χ3n) is 3.81. The first kappa shape index (κ1) is 15.8. The fourth-order valence-electron chi connectivity index (χ4n) is 2.70. The molecule has 3 rings (SSSR count). The van der Waals surface area contributed by atoms with Crippen LogP contribution < -0.4 is 10.6 Å². The molecule has 0 bridgehead atoms. The van der Waals surface area contributed by atoms with Crippen molar-refractivity contribution in [1.29, 1.82) is 0 Å². The third kappa shape index (κ3) is 2.69. The fraction of sp³-hybridized carbons (Fsp3) is 0.538. The molecule has 3 N–H and O–H groups in total. The molecule has 0 unspecified atom stereocenters. The van der Waals surface area contributed by atoms with E-state index in [4.69, 9.17) is 15.2 Å². The minimum Gasteiger partial charge on any atom is -0.457 e. The Bertz CT molecular complexity index is 803. The van der Waals surface area contributed by atoms with E-state index < -0.39 is 24.4 Å². The monoisotopic (exact) mass is 340 g/mol. The first-order valence-electron chi connectivity index (χ1n) is 6.99. The molecule has 0 saturated carbocycles. The maximum absolute atomic E-state index is 12.4.